The molecule has 0 fully saturated rings. The van der Waals surface area contributed by atoms with Gasteiger partial charge >= 0.3 is 0 Å². The zero-order valence-corrected chi connectivity index (χ0v) is 9.91. The van der Waals surface area contributed by atoms with E-state index in [1.165, 1.54) is 7.11 Å². The van der Waals surface area contributed by atoms with Crippen molar-refractivity contribution >= 4 is 16.8 Å². The van der Waals surface area contributed by atoms with Crippen molar-refractivity contribution in [1.82, 2.24) is 0 Å². The fourth-order valence-electron chi connectivity index (χ4n) is 1.15. The van der Waals surface area contributed by atoms with Gasteiger partial charge in [-0.3, -0.25) is 4.79 Å². The molecule has 16 heavy (non-hydrogen) atoms. The smallest absolute Gasteiger partial charge is 0.252 e. The average molecular weight is 245 g/mol. The van der Waals surface area contributed by atoms with E-state index < -0.39 is 5.24 Å². The SMILES string of the molecule is COCCOc1cc(C(=O)Cl)ccc1OC. The third-order valence-corrected chi connectivity index (χ3v) is 2.15. The van der Waals surface area contributed by atoms with Crippen molar-refractivity contribution in [3.8, 4) is 11.5 Å². The molecule has 0 saturated heterocycles. The first kappa shape index (κ1) is 12.8. The maximum atomic E-state index is 11.0. The van der Waals surface area contributed by atoms with Crippen molar-refractivity contribution in [3.63, 3.8) is 0 Å². The molecule has 0 bridgehead atoms. The van der Waals surface area contributed by atoms with Crippen LogP contribution in [0.5, 0.6) is 11.5 Å². The Kier molecular flexibility index (Phi) is 5.08. The van der Waals surface area contributed by atoms with E-state index in [0.29, 0.717) is 30.3 Å². The molecule has 4 nitrogen and oxygen atoms in total. The molecule has 1 aromatic rings. The molecule has 1 rings (SSSR count). The highest BCUT2D eigenvalue weighted by molar-refractivity contribution is 6.67. The van der Waals surface area contributed by atoms with Crippen LogP contribution in [0.1, 0.15) is 10.4 Å². The molecule has 0 unspecified atom stereocenters. The lowest BCUT2D eigenvalue weighted by Gasteiger charge is -2.10. The van der Waals surface area contributed by atoms with Crippen molar-refractivity contribution in [2.24, 2.45) is 0 Å². The summed E-state index contributed by atoms with van der Waals surface area (Å²) in [6, 6.07) is 4.76. The molecule has 0 N–H and O–H groups in total. The fraction of sp³-hybridized carbons (Fsp3) is 0.364. The third-order valence-electron chi connectivity index (χ3n) is 1.94. The Morgan fingerprint density at radius 1 is 1.25 bits per heavy atom. The largest absolute Gasteiger partial charge is 0.493 e. The van der Waals surface area contributed by atoms with Gasteiger partial charge in [-0.25, -0.2) is 0 Å². The van der Waals surface area contributed by atoms with Crippen molar-refractivity contribution in [2.45, 2.75) is 0 Å². The number of benzene rings is 1. The molecular weight excluding hydrogens is 232 g/mol. The molecule has 0 radical (unpaired) electrons. The van der Waals surface area contributed by atoms with E-state index in [0.717, 1.165) is 0 Å². The molecule has 5 heteroatoms. The van der Waals surface area contributed by atoms with Gasteiger partial charge in [0.05, 0.1) is 13.7 Å². The van der Waals surface area contributed by atoms with E-state index in [1.54, 1.807) is 25.3 Å². The lowest BCUT2D eigenvalue weighted by atomic mass is 10.2. The van der Waals surface area contributed by atoms with Gasteiger partial charge in [0.25, 0.3) is 5.24 Å². The van der Waals surface area contributed by atoms with Crippen LogP contribution in [0.3, 0.4) is 0 Å². The van der Waals surface area contributed by atoms with E-state index in [-0.39, 0.29) is 0 Å². The van der Waals surface area contributed by atoms with Gasteiger partial charge in [-0.15, -0.1) is 0 Å². The second-order valence-corrected chi connectivity index (χ2v) is 3.32. The first-order chi connectivity index (χ1) is 7.69. The number of halogens is 1. The molecule has 0 aromatic heterocycles. The first-order valence-electron chi connectivity index (χ1n) is 4.68. The van der Waals surface area contributed by atoms with Crippen LogP contribution in [0.15, 0.2) is 18.2 Å². The van der Waals surface area contributed by atoms with Gasteiger partial charge in [0.2, 0.25) is 0 Å². The zero-order valence-electron chi connectivity index (χ0n) is 9.16. The predicted octanol–water partition coefficient (Wildman–Crippen LogP) is 2.10. The van der Waals surface area contributed by atoms with Crippen LogP contribution in [0.4, 0.5) is 0 Å². The summed E-state index contributed by atoms with van der Waals surface area (Å²) in [5.41, 5.74) is 0.370. The minimum Gasteiger partial charge on any atom is -0.493 e. The van der Waals surface area contributed by atoms with E-state index >= 15 is 0 Å². The van der Waals surface area contributed by atoms with E-state index in [2.05, 4.69) is 0 Å². The molecule has 0 amide bonds. The second kappa shape index (κ2) is 6.35. The van der Waals surface area contributed by atoms with Crippen LogP contribution in [0, 0.1) is 0 Å². The van der Waals surface area contributed by atoms with Crippen LogP contribution >= 0.6 is 11.6 Å². The molecule has 88 valence electrons. The minimum atomic E-state index is -0.528. The normalized spacial score (nSPS) is 9.94. The summed E-state index contributed by atoms with van der Waals surface area (Å²) in [5, 5.41) is -0.528. The Morgan fingerprint density at radius 3 is 2.56 bits per heavy atom. The molecular formula is C11H13ClO4. The monoisotopic (exact) mass is 244 g/mol. The Bertz CT molecular complexity index is 365. The maximum Gasteiger partial charge on any atom is 0.252 e. The third kappa shape index (κ3) is 3.40. The Hall–Kier alpha value is -1.26. The second-order valence-electron chi connectivity index (χ2n) is 2.98. The summed E-state index contributed by atoms with van der Waals surface area (Å²) in [6.45, 7) is 0.842. The number of hydrogen-bond acceptors (Lipinski definition) is 4. The number of hydrogen-bond donors (Lipinski definition) is 0. The summed E-state index contributed by atoms with van der Waals surface area (Å²) in [5.74, 6) is 1.03. The highest BCUT2D eigenvalue weighted by Gasteiger charge is 2.09. The Labute approximate surface area is 99.1 Å². The zero-order chi connectivity index (χ0) is 12.0. The van der Waals surface area contributed by atoms with Crippen molar-refractivity contribution in [3.05, 3.63) is 23.8 Å². The predicted molar refractivity (Wildman–Crippen MR) is 60.5 cm³/mol. The van der Waals surface area contributed by atoms with E-state index in [1.807, 2.05) is 0 Å². The standard InChI is InChI=1S/C11H13ClO4/c1-14-5-6-16-10-7-8(11(12)13)3-4-9(10)15-2/h3-4,7H,5-6H2,1-2H3. The molecule has 0 heterocycles. The van der Waals surface area contributed by atoms with Gasteiger partial charge in [-0.2, -0.15) is 0 Å². The van der Waals surface area contributed by atoms with Gasteiger partial charge in [0, 0.05) is 12.7 Å². The van der Waals surface area contributed by atoms with Crippen molar-refractivity contribution in [2.75, 3.05) is 27.4 Å². The topological polar surface area (TPSA) is 44.8 Å². The van der Waals surface area contributed by atoms with Gasteiger partial charge < -0.3 is 14.2 Å². The van der Waals surface area contributed by atoms with Crippen LogP contribution in [-0.2, 0) is 4.74 Å². The lowest BCUT2D eigenvalue weighted by Crippen LogP contribution is -2.06. The lowest BCUT2D eigenvalue weighted by molar-refractivity contribution is 0.108. The van der Waals surface area contributed by atoms with Gasteiger partial charge in [-0.1, -0.05) is 0 Å². The van der Waals surface area contributed by atoms with E-state index in [9.17, 15) is 4.79 Å². The molecule has 0 aliphatic heterocycles. The Morgan fingerprint density at radius 2 is 2.00 bits per heavy atom. The average Bonchev–Trinajstić information content (AvgIpc) is 2.29. The van der Waals surface area contributed by atoms with Crippen molar-refractivity contribution < 1.29 is 19.0 Å². The molecule has 0 aliphatic carbocycles. The molecule has 1 aromatic carbocycles. The van der Waals surface area contributed by atoms with Crippen molar-refractivity contribution in [1.29, 1.82) is 0 Å². The summed E-state index contributed by atoms with van der Waals surface area (Å²) >= 11 is 5.37. The number of rotatable bonds is 6. The summed E-state index contributed by atoms with van der Waals surface area (Å²) in [4.78, 5) is 11.0. The maximum absolute atomic E-state index is 11.0. The molecule has 0 aliphatic rings. The molecule has 0 saturated carbocycles. The number of ether oxygens (including phenoxy) is 3. The van der Waals surface area contributed by atoms with Crippen LogP contribution in [0.2, 0.25) is 0 Å². The Balaban J connectivity index is 2.84. The quantitative estimate of drug-likeness (QED) is 0.568. The highest BCUT2D eigenvalue weighted by atomic mass is 35.5. The highest BCUT2D eigenvalue weighted by Crippen LogP contribution is 2.28. The number of methoxy groups -OCH3 is 2. The van der Waals surface area contributed by atoms with Crippen LogP contribution in [-0.4, -0.2) is 32.7 Å². The van der Waals surface area contributed by atoms with E-state index in [4.69, 9.17) is 25.8 Å². The minimum absolute atomic E-state index is 0.370. The summed E-state index contributed by atoms with van der Waals surface area (Å²) in [6.07, 6.45) is 0. The number of carbonyl (C=O) groups excluding carboxylic acids is 1. The molecule has 0 spiro atoms. The van der Waals surface area contributed by atoms with Gasteiger partial charge in [0.15, 0.2) is 11.5 Å². The van der Waals surface area contributed by atoms with Gasteiger partial charge in [0.1, 0.15) is 6.61 Å². The van der Waals surface area contributed by atoms with Crippen LogP contribution < -0.4 is 9.47 Å². The van der Waals surface area contributed by atoms with Crippen LogP contribution in [0.25, 0.3) is 0 Å². The molecule has 0 atom stereocenters. The summed E-state index contributed by atoms with van der Waals surface area (Å²) < 4.78 is 15.3. The van der Waals surface area contributed by atoms with Gasteiger partial charge in [-0.05, 0) is 29.8 Å². The fourth-order valence-corrected chi connectivity index (χ4v) is 1.26. The number of carbonyl (C=O) groups is 1. The first-order valence-corrected chi connectivity index (χ1v) is 5.06. The summed E-state index contributed by atoms with van der Waals surface area (Å²) in [7, 11) is 3.11.